The zero-order chi connectivity index (χ0) is 25.4. The summed E-state index contributed by atoms with van der Waals surface area (Å²) in [7, 11) is 1.56. The van der Waals surface area contributed by atoms with E-state index in [0.717, 1.165) is 0 Å². The van der Waals surface area contributed by atoms with Crippen LogP contribution in [0.1, 0.15) is 27.1 Å². The maximum Gasteiger partial charge on any atom is 0.261 e. The Balaban J connectivity index is 1.43. The summed E-state index contributed by atoms with van der Waals surface area (Å²) in [5.74, 6) is 0.250. The SMILES string of the molecule is COc1ccc(-c2oc3c(Br)cc(Cl)cc3c(=O)c2OCCCN2C(=O)c3ccccc3C2=O)cc1. The molecule has 0 atom stereocenters. The van der Waals surface area contributed by atoms with Crippen LogP contribution in [0.5, 0.6) is 11.5 Å². The molecule has 0 bridgehead atoms. The highest BCUT2D eigenvalue weighted by molar-refractivity contribution is 9.10. The van der Waals surface area contributed by atoms with Crippen LogP contribution >= 0.6 is 27.5 Å². The Bertz CT molecular complexity index is 1530. The molecule has 1 aromatic heterocycles. The van der Waals surface area contributed by atoms with E-state index in [1.807, 2.05) is 0 Å². The van der Waals surface area contributed by atoms with Crippen LogP contribution in [0.25, 0.3) is 22.3 Å². The van der Waals surface area contributed by atoms with Gasteiger partial charge in [0.25, 0.3) is 11.8 Å². The number of imide groups is 1. The Morgan fingerprint density at radius 2 is 1.64 bits per heavy atom. The third kappa shape index (κ3) is 4.27. The van der Waals surface area contributed by atoms with Crippen molar-refractivity contribution in [3.8, 4) is 22.8 Å². The fraction of sp³-hybridized carbons (Fsp3) is 0.148. The van der Waals surface area contributed by atoms with Crippen LogP contribution in [0, 0.1) is 0 Å². The molecule has 0 saturated heterocycles. The molecule has 1 aliphatic heterocycles. The molecule has 0 spiro atoms. The van der Waals surface area contributed by atoms with E-state index in [2.05, 4.69) is 15.9 Å². The Morgan fingerprint density at radius 3 is 2.28 bits per heavy atom. The van der Waals surface area contributed by atoms with Crippen molar-refractivity contribution in [3.05, 3.63) is 91.5 Å². The summed E-state index contributed by atoms with van der Waals surface area (Å²) in [6, 6.07) is 16.9. The third-order valence-corrected chi connectivity index (χ3v) is 6.68. The van der Waals surface area contributed by atoms with E-state index in [9.17, 15) is 14.4 Å². The summed E-state index contributed by atoms with van der Waals surface area (Å²) >= 11 is 9.58. The Hall–Kier alpha value is -3.62. The number of carbonyl (C=O) groups excluding carboxylic acids is 2. The standard InChI is InChI=1S/C27H19BrClNO6/c1-34-17-9-7-15(8-10-17)23-25(22(31)20-13-16(29)14-21(28)24(20)36-23)35-12-4-11-30-26(32)18-5-2-3-6-19(18)27(30)33/h2-3,5-10,13-14H,4,11-12H2,1H3. The second-order valence-corrected chi connectivity index (χ2v) is 9.38. The molecular formula is C27H19BrClNO6. The molecule has 2 heterocycles. The first kappa shape index (κ1) is 24.1. The molecule has 5 rings (SSSR count). The third-order valence-electron chi connectivity index (χ3n) is 5.87. The molecule has 182 valence electrons. The van der Waals surface area contributed by atoms with Crippen molar-refractivity contribution in [3.63, 3.8) is 0 Å². The highest BCUT2D eigenvalue weighted by Crippen LogP contribution is 2.36. The number of hydrogen-bond acceptors (Lipinski definition) is 6. The van der Waals surface area contributed by atoms with Gasteiger partial charge in [-0.25, -0.2) is 0 Å². The van der Waals surface area contributed by atoms with Crippen LogP contribution in [-0.4, -0.2) is 37.0 Å². The van der Waals surface area contributed by atoms with Gasteiger partial charge < -0.3 is 13.9 Å². The lowest BCUT2D eigenvalue weighted by Crippen LogP contribution is -2.31. The van der Waals surface area contributed by atoms with Crippen molar-refractivity contribution < 1.29 is 23.5 Å². The van der Waals surface area contributed by atoms with Gasteiger partial charge in [0.1, 0.15) is 5.75 Å². The maximum absolute atomic E-state index is 13.4. The van der Waals surface area contributed by atoms with Gasteiger partial charge in [-0.2, -0.15) is 0 Å². The number of methoxy groups -OCH3 is 1. The van der Waals surface area contributed by atoms with Crippen LogP contribution in [0.2, 0.25) is 5.02 Å². The molecule has 2 amide bonds. The maximum atomic E-state index is 13.4. The second kappa shape index (κ2) is 9.79. The molecule has 36 heavy (non-hydrogen) atoms. The minimum absolute atomic E-state index is 0.0178. The molecule has 1 aliphatic rings. The van der Waals surface area contributed by atoms with Gasteiger partial charge in [0, 0.05) is 17.1 Å². The first-order valence-electron chi connectivity index (χ1n) is 11.1. The van der Waals surface area contributed by atoms with E-state index >= 15 is 0 Å². The summed E-state index contributed by atoms with van der Waals surface area (Å²) in [4.78, 5) is 39.8. The van der Waals surface area contributed by atoms with Gasteiger partial charge in [-0.1, -0.05) is 23.7 Å². The number of ether oxygens (including phenoxy) is 2. The summed E-state index contributed by atoms with van der Waals surface area (Å²) in [5, 5.41) is 0.637. The van der Waals surface area contributed by atoms with E-state index in [4.69, 9.17) is 25.5 Å². The molecule has 0 fully saturated rings. The van der Waals surface area contributed by atoms with Crippen LogP contribution < -0.4 is 14.9 Å². The number of nitrogens with zero attached hydrogens (tertiary/aromatic N) is 1. The minimum atomic E-state index is -0.383. The molecule has 7 nitrogen and oxygen atoms in total. The topological polar surface area (TPSA) is 86.1 Å². The molecule has 9 heteroatoms. The number of hydrogen-bond donors (Lipinski definition) is 0. The number of benzene rings is 3. The lowest BCUT2D eigenvalue weighted by molar-refractivity contribution is 0.0646. The summed E-state index contributed by atoms with van der Waals surface area (Å²) in [6.07, 6.45) is 0.324. The van der Waals surface area contributed by atoms with Crippen LogP contribution in [-0.2, 0) is 0 Å². The average Bonchev–Trinajstić information content (AvgIpc) is 3.13. The van der Waals surface area contributed by atoms with E-state index in [1.54, 1.807) is 61.7 Å². The molecule has 0 aliphatic carbocycles. The predicted molar refractivity (Wildman–Crippen MR) is 139 cm³/mol. The lowest BCUT2D eigenvalue weighted by atomic mass is 10.1. The first-order chi connectivity index (χ1) is 17.4. The monoisotopic (exact) mass is 567 g/mol. The van der Waals surface area contributed by atoms with E-state index in [-0.39, 0.29) is 47.3 Å². The molecule has 0 N–H and O–H groups in total. The molecule has 0 unspecified atom stereocenters. The number of amides is 2. The van der Waals surface area contributed by atoms with Gasteiger partial charge in [-0.05, 0) is 70.9 Å². The number of fused-ring (bicyclic) bond motifs is 2. The fourth-order valence-corrected chi connectivity index (χ4v) is 5.00. The van der Waals surface area contributed by atoms with Crippen molar-refractivity contribution in [2.75, 3.05) is 20.3 Å². The van der Waals surface area contributed by atoms with Gasteiger partial charge in [0.2, 0.25) is 11.2 Å². The van der Waals surface area contributed by atoms with Gasteiger partial charge in [-0.15, -0.1) is 0 Å². The van der Waals surface area contributed by atoms with Crippen LogP contribution in [0.3, 0.4) is 0 Å². The van der Waals surface area contributed by atoms with E-state index in [0.29, 0.717) is 43.9 Å². The highest BCUT2D eigenvalue weighted by atomic mass is 79.9. The summed E-state index contributed by atoms with van der Waals surface area (Å²) in [6.45, 7) is 0.231. The predicted octanol–water partition coefficient (Wildman–Crippen LogP) is 5.95. The average molecular weight is 569 g/mol. The Labute approximate surface area is 219 Å². The molecule has 0 radical (unpaired) electrons. The zero-order valence-corrected chi connectivity index (χ0v) is 21.4. The van der Waals surface area contributed by atoms with Crippen molar-refractivity contribution in [2.45, 2.75) is 6.42 Å². The number of halogens is 2. The number of rotatable bonds is 7. The van der Waals surface area contributed by atoms with Gasteiger partial charge in [0.05, 0.1) is 34.7 Å². The van der Waals surface area contributed by atoms with Gasteiger partial charge in [-0.3, -0.25) is 19.3 Å². The normalized spacial score (nSPS) is 12.8. The second-order valence-electron chi connectivity index (χ2n) is 8.09. The largest absolute Gasteiger partial charge is 0.497 e. The van der Waals surface area contributed by atoms with Crippen LogP contribution in [0.15, 0.2) is 74.3 Å². The molecule has 3 aromatic carbocycles. The molecule has 0 saturated carbocycles. The van der Waals surface area contributed by atoms with Crippen molar-refractivity contribution >= 4 is 50.3 Å². The lowest BCUT2D eigenvalue weighted by Gasteiger charge is -2.15. The van der Waals surface area contributed by atoms with Crippen molar-refractivity contribution in [2.24, 2.45) is 0 Å². The summed E-state index contributed by atoms with van der Waals surface area (Å²) < 4.78 is 17.8. The first-order valence-corrected chi connectivity index (χ1v) is 12.2. The Morgan fingerprint density at radius 1 is 0.972 bits per heavy atom. The van der Waals surface area contributed by atoms with Gasteiger partial charge in [0.15, 0.2) is 11.3 Å². The smallest absolute Gasteiger partial charge is 0.261 e. The summed E-state index contributed by atoms with van der Waals surface area (Å²) in [5.41, 5.74) is 1.36. The van der Waals surface area contributed by atoms with E-state index in [1.165, 1.54) is 11.0 Å². The fourth-order valence-electron chi connectivity index (χ4n) is 4.11. The highest BCUT2D eigenvalue weighted by Gasteiger charge is 2.34. The van der Waals surface area contributed by atoms with Crippen molar-refractivity contribution in [1.29, 1.82) is 0 Å². The zero-order valence-electron chi connectivity index (χ0n) is 19.0. The molecule has 4 aromatic rings. The minimum Gasteiger partial charge on any atom is -0.497 e. The van der Waals surface area contributed by atoms with E-state index < -0.39 is 0 Å². The molecular weight excluding hydrogens is 550 g/mol. The van der Waals surface area contributed by atoms with Gasteiger partial charge >= 0.3 is 0 Å². The van der Waals surface area contributed by atoms with Crippen LogP contribution in [0.4, 0.5) is 0 Å². The quantitative estimate of drug-likeness (QED) is 0.202. The number of carbonyl (C=O) groups is 2. The Kier molecular flexibility index (Phi) is 6.55. The van der Waals surface area contributed by atoms with Crippen molar-refractivity contribution in [1.82, 2.24) is 4.90 Å².